The topological polar surface area (TPSA) is 111 Å². The highest BCUT2D eigenvalue weighted by molar-refractivity contribution is 5.97. The Hall–Kier alpha value is -3.09. The lowest BCUT2D eigenvalue weighted by atomic mass is 10.1. The molecule has 0 saturated carbocycles. The minimum atomic E-state index is -0.584. The summed E-state index contributed by atoms with van der Waals surface area (Å²) in [6.45, 7) is 1.89. The minimum Gasteiger partial charge on any atom is -0.450 e. The van der Waals surface area contributed by atoms with E-state index in [1.165, 1.54) is 18.2 Å². The molecule has 2 rings (SSSR count). The first kappa shape index (κ1) is 14.3. The van der Waals surface area contributed by atoms with Crippen LogP contribution in [0.2, 0.25) is 0 Å². The predicted octanol–water partition coefficient (Wildman–Crippen LogP) is 2.79. The Labute approximate surface area is 120 Å². The van der Waals surface area contributed by atoms with Gasteiger partial charge in [-0.15, -0.1) is 0 Å². The van der Waals surface area contributed by atoms with E-state index in [1.807, 2.05) is 13.0 Å². The zero-order valence-corrected chi connectivity index (χ0v) is 11.2. The molecular formula is C14H13N3O4. The van der Waals surface area contributed by atoms with Crippen LogP contribution in [-0.4, -0.2) is 16.0 Å². The summed E-state index contributed by atoms with van der Waals surface area (Å²) in [6, 6.07) is 11.2. The molecule has 0 aliphatic heterocycles. The Bertz CT molecular complexity index is 713. The molecule has 0 aliphatic carbocycles. The number of nitro benzene ring substituents is 1. The summed E-state index contributed by atoms with van der Waals surface area (Å²) in [4.78, 5) is 10.5. The second-order valence-corrected chi connectivity index (χ2v) is 4.34. The number of ether oxygens (including phenoxy) is 1. The number of amidine groups is 1. The first-order chi connectivity index (χ1) is 10.0. The Morgan fingerprint density at radius 3 is 2.71 bits per heavy atom. The van der Waals surface area contributed by atoms with Crippen LogP contribution < -0.4 is 10.5 Å². The zero-order valence-electron chi connectivity index (χ0n) is 11.2. The monoisotopic (exact) mass is 287 g/mol. The molecule has 0 atom stereocenters. The molecule has 0 aliphatic rings. The average molecular weight is 287 g/mol. The maximum atomic E-state index is 11.1. The molecule has 0 fully saturated rings. The molecule has 3 N–H and O–H groups in total. The number of nitro groups is 1. The standard InChI is InChI=1S/C14H13N3O4/c1-9-3-2-4-11(7-9)21-13-6-5-10(14(15)16-18)8-12(13)17(19)20/h2-8,18H,1H3,(H2,15,16). The summed E-state index contributed by atoms with van der Waals surface area (Å²) in [7, 11) is 0. The van der Waals surface area contributed by atoms with Crippen molar-refractivity contribution in [3.63, 3.8) is 0 Å². The molecule has 0 aromatic heterocycles. The number of aryl methyl sites for hydroxylation is 1. The second kappa shape index (κ2) is 5.91. The third kappa shape index (κ3) is 3.27. The van der Waals surface area contributed by atoms with E-state index in [-0.39, 0.29) is 22.8 Å². The smallest absolute Gasteiger partial charge is 0.312 e. The summed E-state index contributed by atoms with van der Waals surface area (Å²) in [5, 5.41) is 22.6. The summed E-state index contributed by atoms with van der Waals surface area (Å²) in [5.74, 6) is 0.370. The highest BCUT2D eigenvalue weighted by atomic mass is 16.6. The number of nitrogens with zero attached hydrogens (tertiary/aromatic N) is 2. The highest BCUT2D eigenvalue weighted by Gasteiger charge is 2.18. The van der Waals surface area contributed by atoms with Gasteiger partial charge < -0.3 is 15.7 Å². The number of benzene rings is 2. The lowest BCUT2D eigenvalue weighted by molar-refractivity contribution is -0.385. The molecule has 0 bridgehead atoms. The van der Waals surface area contributed by atoms with Crippen molar-refractivity contribution >= 4 is 11.5 Å². The van der Waals surface area contributed by atoms with Crippen LogP contribution in [0.4, 0.5) is 5.69 Å². The van der Waals surface area contributed by atoms with Crippen LogP contribution >= 0.6 is 0 Å². The maximum absolute atomic E-state index is 11.1. The average Bonchev–Trinajstić information content (AvgIpc) is 2.46. The van der Waals surface area contributed by atoms with Crippen molar-refractivity contribution in [1.29, 1.82) is 0 Å². The first-order valence-electron chi connectivity index (χ1n) is 6.02. The molecule has 0 saturated heterocycles. The molecular weight excluding hydrogens is 274 g/mol. The van der Waals surface area contributed by atoms with Gasteiger partial charge in [-0.25, -0.2) is 0 Å². The van der Waals surface area contributed by atoms with Crippen molar-refractivity contribution in [2.75, 3.05) is 0 Å². The van der Waals surface area contributed by atoms with E-state index in [0.29, 0.717) is 5.75 Å². The Balaban J connectivity index is 2.41. The highest BCUT2D eigenvalue weighted by Crippen LogP contribution is 2.32. The molecule has 7 nitrogen and oxygen atoms in total. The van der Waals surface area contributed by atoms with Gasteiger partial charge in [-0.1, -0.05) is 17.3 Å². The van der Waals surface area contributed by atoms with Crippen LogP contribution in [0.25, 0.3) is 0 Å². The van der Waals surface area contributed by atoms with Crippen LogP contribution in [0.1, 0.15) is 11.1 Å². The number of rotatable bonds is 4. The molecule has 0 amide bonds. The van der Waals surface area contributed by atoms with Crippen molar-refractivity contribution in [2.24, 2.45) is 10.9 Å². The molecule has 108 valence electrons. The molecule has 0 unspecified atom stereocenters. The van der Waals surface area contributed by atoms with Gasteiger partial charge in [-0.05, 0) is 36.8 Å². The SMILES string of the molecule is Cc1cccc(Oc2ccc(C(N)=NO)cc2[N+](=O)[O-])c1. The van der Waals surface area contributed by atoms with E-state index >= 15 is 0 Å². The number of nitrogens with two attached hydrogens (primary N) is 1. The van der Waals surface area contributed by atoms with Crippen LogP contribution in [0, 0.1) is 17.0 Å². The van der Waals surface area contributed by atoms with Crippen molar-refractivity contribution in [2.45, 2.75) is 6.92 Å². The van der Waals surface area contributed by atoms with Gasteiger partial charge in [0.25, 0.3) is 0 Å². The third-order valence-corrected chi connectivity index (χ3v) is 2.78. The summed E-state index contributed by atoms with van der Waals surface area (Å²) >= 11 is 0. The van der Waals surface area contributed by atoms with E-state index in [1.54, 1.807) is 18.2 Å². The lowest BCUT2D eigenvalue weighted by Crippen LogP contribution is -2.13. The fourth-order valence-corrected chi connectivity index (χ4v) is 1.77. The molecule has 7 heteroatoms. The molecule has 2 aromatic rings. The quantitative estimate of drug-likeness (QED) is 0.295. The number of hydrogen-bond acceptors (Lipinski definition) is 5. The van der Waals surface area contributed by atoms with E-state index in [2.05, 4.69) is 5.16 Å². The van der Waals surface area contributed by atoms with Crippen LogP contribution in [-0.2, 0) is 0 Å². The predicted molar refractivity (Wildman–Crippen MR) is 76.9 cm³/mol. The van der Waals surface area contributed by atoms with Gasteiger partial charge >= 0.3 is 5.69 Å². The van der Waals surface area contributed by atoms with Crippen LogP contribution in [0.15, 0.2) is 47.6 Å². The maximum Gasteiger partial charge on any atom is 0.312 e. The van der Waals surface area contributed by atoms with Gasteiger partial charge in [-0.3, -0.25) is 10.1 Å². The first-order valence-corrected chi connectivity index (χ1v) is 6.02. The summed E-state index contributed by atoms with van der Waals surface area (Å²) in [5.41, 5.74) is 6.37. The third-order valence-electron chi connectivity index (χ3n) is 2.78. The van der Waals surface area contributed by atoms with Crippen LogP contribution in [0.5, 0.6) is 11.5 Å². The summed E-state index contributed by atoms with van der Waals surface area (Å²) < 4.78 is 5.54. The van der Waals surface area contributed by atoms with Gasteiger partial charge in [0.05, 0.1) is 4.92 Å². The molecule has 2 aromatic carbocycles. The van der Waals surface area contributed by atoms with E-state index in [4.69, 9.17) is 15.7 Å². The normalized spacial score (nSPS) is 11.2. The van der Waals surface area contributed by atoms with Crippen molar-refractivity contribution in [1.82, 2.24) is 0 Å². The van der Waals surface area contributed by atoms with E-state index in [0.717, 1.165) is 5.56 Å². The Morgan fingerprint density at radius 2 is 2.10 bits per heavy atom. The van der Waals surface area contributed by atoms with Gasteiger partial charge in [0, 0.05) is 11.6 Å². The fraction of sp³-hybridized carbons (Fsp3) is 0.0714. The summed E-state index contributed by atoms with van der Waals surface area (Å²) in [6.07, 6.45) is 0. The fourth-order valence-electron chi connectivity index (χ4n) is 1.77. The van der Waals surface area contributed by atoms with Crippen LogP contribution in [0.3, 0.4) is 0 Å². The number of oxime groups is 1. The molecule has 0 spiro atoms. The van der Waals surface area contributed by atoms with E-state index < -0.39 is 4.92 Å². The van der Waals surface area contributed by atoms with Crippen molar-refractivity contribution < 1.29 is 14.9 Å². The molecule has 0 heterocycles. The largest absolute Gasteiger partial charge is 0.450 e. The van der Waals surface area contributed by atoms with Gasteiger partial charge in [0.2, 0.25) is 5.75 Å². The van der Waals surface area contributed by atoms with E-state index in [9.17, 15) is 10.1 Å². The molecule has 0 radical (unpaired) electrons. The Kier molecular flexibility index (Phi) is 4.03. The van der Waals surface area contributed by atoms with Gasteiger partial charge in [0.15, 0.2) is 5.84 Å². The zero-order chi connectivity index (χ0) is 15.4. The number of hydrogen-bond donors (Lipinski definition) is 2. The molecule has 21 heavy (non-hydrogen) atoms. The van der Waals surface area contributed by atoms with Crippen molar-refractivity contribution in [3.8, 4) is 11.5 Å². The van der Waals surface area contributed by atoms with Gasteiger partial charge in [-0.2, -0.15) is 0 Å². The minimum absolute atomic E-state index is 0.0834. The van der Waals surface area contributed by atoms with Crippen molar-refractivity contribution in [3.05, 3.63) is 63.7 Å². The van der Waals surface area contributed by atoms with Gasteiger partial charge in [0.1, 0.15) is 5.75 Å². The lowest BCUT2D eigenvalue weighted by Gasteiger charge is -2.08. The Morgan fingerprint density at radius 1 is 1.33 bits per heavy atom. The second-order valence-electron chi connectivity index (χ2n) is 4.34.